The average molecular weight is 247 g/mol. The van der Waals surface area contributed by atoms with Gasteiger partial charge in [0.25, 0.3) is 0 Å². The molecule has 3 N–H and O–H groups in total. The summed E-state index contributed by atoms with van der Waals surface area (Å²) in [6, 6.07) is 3.49. The van der Waals surface area contributed by atoms with Crippen molar-refractivity contribution in [2.24, 2.45) is 5.73 Å². The largest absolute Gasteiger partial charge is 0.342 e. The van der Waals surface area contributed by atoms with Crippen molar-refractivity contribution < 1.29 is 4.52 Å². The second-order valence-electron chi connectivity index (χ2n) is 3.39. The van der Waals surface area contributed by atoms with Crippen molar-refractivity contribution in [2.75, 3.05) is 0 Å². The molecule has 0 aliphatic rings. The molecule has 86 valence electrons. The van der Waals surface area contributed by atoms with Gasteiger partial charge in [0, 0.05) is 17.3 Å². The Labute approximate surface area is 101 Å². The summed E-state index contributed by atoms with van der Waals surface area (Å²) in [5.74, 6) is 1.37. The standard InChI is InChI=1S/C10H9N5OS/c11-7(6-2-1-5-17-6)10-14-9(15-16-10)8-12-3-4-13-8/h1-5,7H,11H2,(H,12,13). The summed E-state index contributed by atoms with van der Waals surface area (Å²) in [6.45, 7) is 0. The van der Waals surface area contributed by atoms with Crippen LogP contribution >= 0.6 is 11.3 Å². The maximum absolute atomic E-state index is 6.01. The van der Waals surface area contributed by atoms with Gasteiger partial charge in [-0.25, -0.2) is 4.98 Å². The summed E-state index contributed by atoms with van der Waals surface area (Å²) in [5, 5.41) is 5.79. The van der Waals surface area contributed by atoms with Crippen LogP contribution in [0.15, 0.2) is 34.4 Å². The fourth-order valence-electron chi connectivity index (χ4n) is 1.44. The van der Waals surface area contributed by atoms with Crippen LogP contribution in [0, 0.1) is 0 Å². The fourth-order valence-corrected chi connectivity index (χ4v) is 2.15. The predicted octanol–water partition coefficient (Wildman–Crippen LogP) is 1.57. The smallest absolute Gasteiger partial charge is 0.249 e. The minimum atomic E-state index is -0.383. The maximum atomic E-state index is 6.01. The number of nitrogens with zero attached hydrogens (tertiary/aromatic N) is 3. The molecule has 3 rings (SSSR count). The predicted molar refractivity (Wildman–Crippen MR) is 62.2 cm³/mol. The third-order valence-electron chi connectivity index (χ3n) is 2.27. The van der Waals surface area contributed by atoms with Crippen LogP contribution in [0.5, 0.6) is 0 Å². The lowest BCUT2D eigenvalue weighted by molar-refractivity contribution is 0.368. The van der Waals surface area contributed by atoms with Crippen LogP contribution in [0.2, 0.25) is 0 Å². The SMILES string of the molecule is NC(c1nc(-c2ncc[nH]2)no1)c1cccs1. The van der Waals surface area contributed by atoms with E-state index in [0.29, 0.717) is 17.5 Å². The number of thiophene rings is 1. The molecule has 0 aromatic carbocycles. The van der Waals surface area contributed by atoms with Crippen molar-refractivity contribution in [2.45, 2.75) is 6.04 Å². The van der Waals surface area contributed by atoms with E-state index in [0.717, 1.165) is 4.88 Å². The van der Waals surface area contributed by atoms with Crippen LogP contribution in [0.3, 0.4) is 0 Å². The normalized spacial score (nSPS) is 12.8. The summed E-state index contributed by atoms with van der Waals surface area (Å²) in [6.07, 6.45) is 3.33. The van der Waals surface area contributed by atoms with Crippen LogP contribution in [-0.2, 0) is 0 Å². The number of hydrogen-bond donors (Lipinski definition) is 2. The zero-order valence-corrected chi connectivity index (χ0v) is 9.52. The first-order valence-corrected chi connectivity index (χ1v) is 5.85. The van der Waals surface area contributed by atoms with Crippen LogP contribution in [-0.4, -0.2) is 20.1 Å². The molecule has 0 radical (unpaired) electrons. The van der Waals surface area contributed by atoms with E-state index in [-0.39, 0.29) is 6.04 Å². The molecule has 3 aromatic rings. The number of imidazole rings is 1. The summed E-state index contributed by atoms with van der Waals surface area (Å²) in [4.78, 5) is 12.2. The van der Waals surface area contributed by atoms with Gasteiger partial charge in [0.15, 0.2) is 5.82 Å². The molecule has 0 saturated carbocycles. The molecule has 3 heterocycles. The summed E-state index contributed by atoms with van der Waals surface area (Å²) < 4.78 is 5.13. The molecule has 0 amide bonds. The first-order chi connectivity index (χ1) is 8.34. The molecular formula is C10H9N5OS. The van der Waals surface area contributed by atoms with Crippen LogP contribution in [0.4, 0.5) is 0 Å². The summed E-state index contributed by atoms with van der Waals surface area (Å²) >= 11 is 1.56. The quantitative estimate of drug-likeness (QED) is 0.732. The zero-order valence-electron chi connectivity index (χ0n) is 8.70. The lowest BCUT2D eigenvalue weighted by Crippen LogP contribution is -2.10. The van der Waals surface area contributed by atoms with Crippen LogP contribution < -0.4 is 5.73 Å². The molecule has 17 heavy (non-hydrogen) atoms. The number of aromatic nitrogens is 4. The second kappa shape index (κ2) is 4.11. The molecule has 1 unspecified atom stereocenters. The highest BCUT2D eigenvalue weighted by Crippen LogP contribution is 2.23. The van der Waals surface area contributed by atoms with E-state index in [1.165, 1.54) is 0 Å². The molecule has 0 aliphatic carbocycles. The first kappa shape index (κ1) is 10.2. The molecule has 0 saturated heterocycles. The van der Waals surface area contributed by atoms with E-state index in [9.17, 15) is 0 Å². The van der Waals surface area contributed by atoms with Crippen molar-refractivity contribution in [3.05, 3.63) is 40.7 Å². The highest BCUT2D eigenvalue weighted by Gasteiger charge is 2.18. The highest BCUT2D eigenvalue weighted by molar-refractivity contribution is 7.10. The average Bonchev–Trinajstić information content (AvgIpc) is 3.09. The molecule has 0 fully saturated rings. The number of hydrogen-bond acceptors (Lipinski definition) is 6. The first-order valence-electron chi connectivity index (χ1n) is 4.97. The van der Waals surface area contributed by atoms with Crippen molar-refractivity contribution in [3.63, 3.8) is 0 Å². The van der Waals surface area contributed by atoms with Crippen molar-refractivity contribution in [1.82, 2.24) is 20.1 Å². The molecule has 6 nitrogen and oxygen atoms in total. The Morgan fingerprint density at radius 1 is 1.47 bits per heavy atom. The molecule has 1 atom stereocenters. The van der Waals surface area contributed by atoms with Gasteiger partial charge in [0.05, 0.1) is 0 Å². The second-order valence-corrected chi connectivity index (χ2v) is 4.37. The van der Waals surface area contributed by atoms with E-state index in [2.05, 4.69) is 20.1 Å². The number of nitrogens with two attached hydrogens (primary N) is 1. The Kier molecular flexibility index (Phi) is 2.46. The molecule has 0 bridgehead atoms. The Morgan fingerprint density at radius 3 is 3.12 bits per heavy atom. The van der Waals surface area contributed by atoms with Gasteiger partial charge >= 0.3 is 0 Å². The minimum Gasteiger partial charge on any atom is -0.342 e. The minimum absolute atomic E-state index is 0.383. The van der Waals surface area contributed by atoms with Gasteiger partial charge in [0.2, 0.25) is 11.7 Å². The van der Waals surface area contributed by atoms with Crippen molar-refractivity contribution in [3.8, 4) is 11.6 Å². The summed E-state index contributed by atoms with van der Waals surface area (Å²) in [5.41, 5.74) is 6.01. The number of aromatic amines is 1. The number of rotatable bonds is 3. The number of H-pyrrole nitrogens is 1. The van der Waals surface area contributed by atoms with Gasteiger partial charge in [-0.1, -0.05) is 11.2 Å². The number of nitrogens with one attached hydrogen (secondary N) is 1. The van der Waals surface area contributed by atoms with Gasteiger partial charge in [-0.05, 0) is 11.4 Å². The zero-order chi connectivity index (χ0) is 11.7. The van der Waals surface area contributed by atoms with Crippen molar-refractivity contribution in [1.29, 1.82) is 0 Å². The third kappa shape index (κ3) is 1.85. The van der Waals surface area contributed by atoms with E-state index in [4.69, 9.17) is 10.3 Å². The molecule has 0 spiro atoms. The van der Waals surface area contributed by atoms with E-state index in [1.807, 2.05) is 17.5 Å². The van der Waals surface area contributed by atoms with Gasteiger partial charge < -0.3 is 15.2 Å². The monoisotopic (exact) mass is 247 g/mol. The Hall–Kier alpha value is -1.99. The Morgan fingerprint density at radius 2 is 2.41 bits per heavy atom. The Balaban J connectivity index is 1.90. The molecular weight excluding hydrogens is 238 g/mol. The lowest BCUT2D eigenvalue weighted by atomic mass is 10.2. The molecule has 0 aliphatic heterocycles. The third-order valence-corrected chi connectivity index (χ3v) is 3.22. The summed E-state index contributed by atoms with van der Waals surface area (Å²) in [7, 11) is 0. The topological polar surface area (TPSA) is 93.6 Å². The highest BCUT2D eigenvalue weighted by atomic mass is 32.1. The van der Waals surface area contributed by atoms with Gasteiger partial charge in [-0.2, -0.15) is 4.98 Å². The maximum Gasteiger partial charge on any atom is 0.249 e. The van der Waals surface area contributed by atoms with E-state index < -0.39 is 0 Å². The van der Waals surface area contributed by atoms with Crippen molar-refractivity contribution >= 4 is 11.3 Å². The molecule has 7 heteroatoms. The van der Waals surface area contributed by atoms with Gasteiger partial charge in [0.1, 0.15) is 6.04 Å². The van der Waals surface area contributed by atoms with Crippen LogP contribution in [0.1, 0.15) is 16.8 Å². The molecule has 3 aromatic heterocycles. The van der Waals surface area contributed by atoms with Crippen LogP contribution in [0.25, 0.3) is 11.6 Å². The fraction of sp³-hybridized carbons (Fsp3) is 0.100. The van der Waals surface area contributed by atoms with Gasteiger partial charge in [-0.3, -0.25) is 0 Å². The van der Waals surface area contributed by atoms with E-state index in [1.54, 1.807) is 23.7 Å². The van der Waals surface area contributed by atoms with Gasteiger partial charge in [-0.15, -0.1) is 11.3 Å². The Bertz CT molecular complexity index is 586. The van der Waals surface area contributed by atoms with E-state index >= 15 is 0 Å². The lowest BCUT2D eigenvalue weighted by Gasteiger charge is -2.01.